The van der Waals surface area contributed by atoms with Crippen molar-refractivity contribution in [2.45, 2.75) is 44.9 Å². The summed E-state index contributed by atoms with van der Waals surface area (Å²) in [7, 11) is 2.10. The lowest BCUT2D eigenvalue weighted by Crippen LogP contribution is -2.38. The van der Waals surface area contributed by atoms with E-state index >= 15 is 0 Å². The second-order valence-corrected chi connectivity index (χ2v) is 9.29. The first-order valence-electron chi connectivity index (χ1n) is 12.8. The van der Waals surface area contributed by atoms with Gasteiger partial charge in [-0.3, -0.25) is 4.98 Å². The van der Waals surface area contributed by atoms with Gasteiger partial charge in [0.1, 0.15) is 0 Å². The Bertz CT molecular complexity index is 1130. The minimum atomic E-state index is -0.582. The van der Waals surface area contributed by atoms with Gasteiger partial charge in [-0.2, -0.15) is 0 Å². The average Bonchev–Trinajstić information content (AvgIpc) is 2.92. The van der Waals surface area contributed by atoms with Crippen molar-refractivity contribution in [1.29, 1.82) is 0 Å². The molecule has 2 heterocycles. The summed E-state index contributed by atoms with van der Waals surface area (Å²) in [5.74, 6) is 0. The molecule has 4 rings (SSSR count). The van der Waals surface area contributed by atoms with Crippen LogP contribution >= 0.6 is 0 Å². The largest absolute Gasteiger partial charge is 0.392 e. The summed E-state index contributed by atoms with van der Waals surface area (Å²) in [6, 6.07) is 21.2. The molecule has 1 saturated heterocycles. The molecule has 2 amide bonds. The number of ether oxygens (including phenoxy) is 2. The SMILES string of the molecule is CCNC(=O)Nc1cccc(C2OC(CN(C)CCc3ccccn3)CC(c3ccc(CO)cc3)O2)c1. The normalized spacial score (nSPS) is 19.5. The molecular weight excluding hydrogens is 468 g/mol. The van der Waals surface area contributed by atoms with Crippen molar-refractivity contribution < 1.29 is 19.4 Å². The number of pyridine rings is 1. The molecule has 3 N–H and O–H groups in total. The average molecular weight is 505 g/mol. The molecule has 1 aliphatic rings. The van der Waals surface area contributed by atoms with Crippen molar-refractivity contribution >= 4 is 11.7 Å². The fourth-order valence-electron chi connectivity index (χ4n) is 4.42. The van der Waals surface area contributed by atoms with Gasteiger partial charge in [-0.1, -0.05) is 42.5 Å². The number of benzene rings is 2. The molecular formula is C29H36N4O4. The van der Waals surface area contributed by atoms with Crippen LogP contribution in [0.4, 0.5) is 10.5 Å². The summed E-state index contributed by atoms with van der Waals surface area (Å²) in [4.78, 5) is 18.7. The van der Waals surface area contributed by atoms with Gasteiger partial charge in [0, 0.05) is 55.6 Å². The van der Waals surface area contributed by atoms with Gasteiger partial charge in [0.15, 0.2) is 6.29 Å². The van der Waals surface area contributed by atoms with E-state index in [1.165, 1.54) is 0 Å². The number of carbonyl (C=O) groups is 1. The van der Waals surface area contributed by atoms with Crippen LogP contribution in [0.3, 0.4) is 0 Å². The zero-order chi connectivity index (χ0) is 26.0. The third kappa shape index (κ3) is 7.84. The lowest BCUT2D eigenvalue weighted by atomic mass is 9.99. The number of anilines is 1. The highest BCUT2D eigenvalue weighted by Crippen LogP contribution is 2.38. The Morgan fingerprint density at radius 1 is 1.08 bits per heavy atom. The highest BCUT2D eigenvalue weighted by Gasteiger charge is 2.33. The van der Waals surface area contributed by atoms with E-state index in [1.54, 1.807) is 0 Å². The van der Waals surface area contributed by atoms with Crippen LogP contribution in [0, 0.1) is 0 Å². The van der Waals surface area contributed by atoms with Gasteiger partial charge >= 0.3 is 6.03 Å². The van der Waals surface area contributed by atoms with E-state index in [4.69, 9.17) is 9.47 Å². The van der Waals surface area contributed by atoms with Crippen LogP contribution < -0.4 is 10.6 Å². The molecule has 1 fully saturated rings. The first kappa shape index (κ1) is 26.8. The van der Waals surface area contributed by atoms with E-state index < -0.39 is 6.29 Å². The first-order valence-corrected chi connectivity index (χ1v) is 12.8. The number of nitrogens with one attached hydrogen (secondary N) is 2. The van der Waals surface area contributed by atoms with Crippen LogP contribution in [0.25, 0.3) is 0 Å². The molecule has 0 aliphatic carbocycles. The molecule has 0 radical (unpaired) electrons. The molecule has 3 unspecified atom stereocenters. The molecule has 8 heteroatoms. The number of hydrogen-bond donors (Lipinski definition) is 3. The zero-order valence-corrected chi connectivity index (χ0v) is 21.5. The summed E-state index contributed by atoms with van der Waals surface area (Å²) < 4.78 is 12.9. The Morgan fingerprint density at radius 3 is 2.65 bits per heavy atom. The number of aromatic nitrogens is 1. The molecule has 1 aliphatic heterocycles. The lowest BCUT2D eigenvalue weighted by molar-refractivity contribution is -0.252. The Kier molecular flexibility index (Phi) is 9.62. The molecule has 0 spiro atoms. The van der Waals surface area contributed by atoms with Crippen LogP contribution in [0.15, 0.2) is 72.9 Å². The predicted octanol–water partition coefficient (Wildman–Crippen LogP) is 4.44. The molecule has 3 aromatic rings. The van der Waals surface area contributed by atoms with E-state index in [0.717, 1.165) is 41.9 Å². The van der Waals surface area contributed by atoms with Crippen molar-refractivity contribution in [2.75, 3.05) is 32.0 Å². The molecule has 196 valence electrons. The number of amides is 2. The fraction of sp³-hybridized carbons (Fsp3) is 0.379. The molecule has 0 saturated carbocycles. The summed E-state index contributed by atoms with van der Waals surface area (Å²) in [6.07, 6.45) is 2.59. The molecule has 1 aromatic heterocycles. The van der Waals surface area contributed by atoms with Gasteiger partial charge in [0.2, 0.25) is 0 Å². The quantitative estimate of drug-likeness (QED) is 0.378. The van der Waals surface area contributed by atoms with Crippen molar-refractivity contribution in [2.24, 2.45) is 0 Å². The van der Waals surface area contributed by atoms with Crippen LogP contribution in [0.2, 0.25) is 0 Å². The molecule has 2 aromatic carbocycles. The Labute approximate surface area is 218 Å². The summed E-state index contributed by atoms with van der Waals surface area (Å²) in [6.45, 7) is 4.04. The van der Waals surface area contributed by atoms with Crippen LogP contribution in [-0.2, 0) is 22.5 Å². The maximum atomic E-state index is 12.0. The maximum Gasteiger partial charge on any atom is 0.319 e. The molecule has 3 atom stereocenters. The second kappa shape index (κ2) is 13.3. The first-order chi connectivity index (χ1) is 18.0. The highest BCUT2D eigenvalue weighted by atomic mass is 16.7. The van der Waals surface area contributed by atoms with Crippen molar-refractivity contribution in [3.63, 3.8) is 0 Å². The number of rotatable bonds is 10. The highest BCUT2D eigenvalue weighted by molar-refractivity contribution is 5.89. The predicted molar refractivity (Wildman–Crippen MR) is 143 cm³/mol. The number of carbonyl (C=O) groups excluding carboxylic acids is 1. The van der Waals surface area contributed by atoms with Crippen LogP contribution in [-0.4, -0.2) is 53.8 Å². The standard InChI is InChI=1S/C29H36N4O4/c1-3-30-29(35)32-25-9-6-7-23(17-25)28-36-26(19-33(2)16-14-24-8-4-5-15-31-24)18-27(37-28)22-12-10-21(20-34)11-13-22/h4-13,15,17,26-28,34H,3,14,16,18-20H2,1-2H3,(H2,30,32,35). The Morgan fingerprint density at radius 2 is 1.92 bits per heavy atom. The molecule has 8 nitrogen and oxygen atoms in total. The van der Waals surface area contributed by atoms with Gasteiger partial charge in [0.25, 0.3) is 0 Å². The minimum Gasteiger partial charge on any atom is -0.392 e. The fourth-order valence-corrected chi connectivity index (χ4v) is 4.42. The summed E-state index contributed by atoms with van der Waals surface area (Å²) in [5.41, 5.74) is 4.49. The van der Waals surface area contributed by atoms with Crippen LogP contribution in [0.5, 0.6) is 0 Å². The van der Waals surface area contributed by atoms with Crippen molar-refractivity contribution in [3.8, 4) is 0 Å². The number of nitrogens with zero attached hydrogens (tertiary/aromatic N) is 2. The lowest BCUT2D eigenvalue weighted by Gasteiger charge is -2.38. The van der Waals surface area contributed by atoms with Gasteiger partial charge in [-0.25, -0.2) is 4.79 Å². The second-order valence-electron chi connectivity index (χ2n) is 9.29. The molecule has 37 heavy (non-hydrogen) atoms. The minimum absolute atomic E-state index is 0.00658. The van der Waals surface area contributed by atoms with Crippen molar-refractivity contribution in [1.82, 2.24) is 15.2 Å². The summed E-state index contributed by atoms with van der Waals surface area (Å²) in [5, 5.41) is 15.0. The topological polar surface area (TPSA) is 96.0 Å². The zero-order valence-electron chi connectivity index (χ0n) is 21.5. The van der Waals surface area contributed by atoms with Gasteiger partial charge in [-0.05, 0) is 49.4 Å². The monoisotopic (exact) mass is 504 g/mol. The number of likely N-dealkylation sites (N-methyl/N-ethyl adjacent to an activating group) is 1. The number of aliphatic hydroxyl groups excluding tert-OH is 1. The van der Waals surface area contributed by atoms with Crippen LogP contribution in [0.1, 0.15) is 48.1 Å². The third-order valence-corrected chi connectivity index (χ3v) is 6.36. The summed E-state index contributed by atoms with van der Waals surface area (Å²) >= 11 is 0. The van der Waals surface area contributed by atoms with E-state index in [2.05, 4.69) is 27.6 Å². The van der Waals surface area contributed by atoms with Crippen molar-refractivity contribution in [3.05, 3.63) is 95.3 Å². The third-order valence-electron chi connectivity index (χ3n) is 6.36. The maximum absolute atomic E-state index is 12.0. The van der Waals surface area contributed by atoms with E-state index in [9.17, 15) is 9.90 Å². The number of aliphatic hydroxyl groups is 1. The van der Waals surface area contributed by atoms with E-state index in [-0.39, 0.29) is 24.8 Å². The Balaban J connectivity index is 1.48. The molecule has 0 bridgehead atoms. The smallest absolute Gasteiger partial charge is 0.319 e. The van der Waals surface area contributed by atoms with Gasteiger partial charge in [0.05, 0.1) is 18.8 Å². The number of urea groups is 1. The van der Waals surface area contributed by atoms with E-state index in [1.807, 2.05) is 79.9 Å². The van der Waals surface area contributed by atoms with Gasteiger partial charge in [-0.15, -0.1) is 0 Å². The van der Waals surface area contributed by atoms with Gasteiger partial charge < -0.3 is 30.1 Å². The Hall–Kier alpha value is -3.30. The van der Waals surface area contributed by atoms with E-state index in [0.29, 0.717) is 18.7 Å². The number of hydrogen-bond acceptors (Lipinski definition) is 6.